The highest BCUT2D eigenvalue weighted by atomic mass is 16.2. The molecule has 3 aromatic rings. The number of likely N-dealkylation sites (N-methyl/N-ethyl adjacent to an activating group) is 1. The third kappa shape index (κ3) is 4.39. The van der Waals surface area contributed by atoms with Gasteiger partial charge in [0.05, 0.1) is 6.42 Å². The van der Waals surface area contributed by atoms with E-state index in [1.54, 1.807) is 0 Å². The summed E-state index contributed by atoms with van der Waals surface area (Å²) >= 11 is 0. The fourth-order valence-corrected chi connectivity index (χ4v) is 4.72. The van der Waals surface area contributed by atoms with Crippen molar-refractivity contribution in [3.8, 4) is 11.1 Å². The number of anilines is 1. The SMILES string of the molecule is CN1CCN(c2cccc3c2CN(C(=O)Cc2ccc(-c4ccccc4)cn2)CC3)CC1. The van der Waals surface area contributed by atoms with Crippen LogP contribution in [0.25, 0.3) is 11.1 Å². The number of benzene rings is 2. The van der Waals surface area contributed by atoms with E-state index in [1.165, 1.54) is 16.8 Å². The van der Waals surface area contributed by atoms with Gasteiger partial charge in [0, 0.05) is 62.4 Å². The Morgan fingerprint density at radius 1 is 0.875 bits per heavy atom. The second-order valence-electron chi connectivity index (χ2n) is 8.85. The minimum Gasteiger partial charge on any atom is -0.369 e. The highest BCUT2D eigenvalue weighted by Crippen LogP contribution is 2.30. The lowest BCUT2D eigenvalue weighted by Crippen LogP contribution is -2.45. The van der Waals surface area contributed by atoms with Gasteiger partial charge in [-0.25, -0.2) is 0 Å². The van der Waals surface area contributed by atoms with E-state index < -0.39 is 0 Å². The topological polar surface area (TPSA) is 39.7 Å². The number of fused-ring (bicyclic) bond motifs is 1. The average molecular weight is 427 g/mol. The van der Waals surface area contributed by atoms with Crippen LogP contribution < -0.4 is 4.90 Å². The van der Waals surface area contributed by atoms with Gasteiger partial charge in [0.15, 0.2) is 0 Å². The van der Waals surface area contributed by atoms with Crippen molar-refractivity contribution in [1.82, 2.24) is 14.8 Å². The van der Waals surface area contributed by atoms with Crippen LogP contribution in [0.15, 0.2) is 66.9 Å². The van der Waals surface area contributed by atoms with Gasteiger partial charge >= 0.3 is 0 Å². The van der Waals surface area contributed by atoms with Gasteiger partial charge in [0.2, 0.25) is 5.91 Å². The van der Waals surface area contributed by atoms with E-state index in [2.05, 4.69) is 58.2 Å². The first-order chi connectivity index (χ1) is 15.7. The predicted octanol–water partition coefficient (Wildman–Crippen LogP) is 3.63. The monoisotopic (exact) mass is 426 g/mol. The number of amides is 1. The summed E-state index contributed by atoms with van der Waals surface area (Å²) in [4.78, 5) is 24.6. The van der Waals surface area contributed by atoms with E-state index in [9.17, 15) is 4.79 Å². The first-order valence-electron chi connectivity index (χ1n) is 11.5. The summed E-state index contributed by atoms with van der Waals surface area (Å²) in [5.41, 5.74) is 7.05. The van der Waals surface area contributed by atoms with Crippen molar-refractivity contribution < 1.29 is 4.79 Å². The maximum Gasteiger partial charge on any atom is 0.228 e. The number of pyridine rings is 1. The molecule has 2 aliphatic heterocycles. The van der Waals surface area contributed by atoms with Crippen LogP contribution in [0.2, 0.25) is 0 Å². The van der Waals surface area contributed by atoms with Gasteiger partial charge in [0.25, 0.3) is 0 Å². The molecule has 1 amide bonds. The van der Waals surface area contributed by atoms with Crippen molar-refractivity contribution in [1.29, 1.82) is 0 Å². The molecule has 32 heavy (non-hydrogen) atoms. The van der Waals surface area contributed by atoms with Crippen molar-refractivity contribution in [2.75, 3.05) is 44.7 Å². The van der Waals surface area contributed by atoms with Crippen molar-refractivity contribution in [2.24, 2.45) is 0 Å². The molecule has 2 aromatic carbocycles. The number of piperazine rings is 1. The van der Waals surface area contributed by atoms with Crippen LogP contribution in [0, 0.1) is 0 Å². The Morgan fingerprint density at radius 3 is 2.44 bits per heavy atom. The Bertz CT molecular complexity index is 1070. The van der Waals surface area contributed by atoms with Crippen molar-refractivity contribution in [3.05, 3.63) is 83.7 Å². The number of nitrogens with zero attached hydrogens (tertiary/aromatic N) is 4. The van der Waals surface area contributed by atoms with Gasteiger partial charge in [0.1, 0.15) is 0 Å². The van der Waals surface area contributed by atoms with Gasteiger partial charge in [-0.3, -0.25) is 9.78 Å². The third-order valence-corrected chi connectivity index (χ3v) is 6.71. The summed E-state index contributed by atoms with van der Waals surface area (Å²) in [6.07, 6.45) is 3.14. The molecule has 0 saturated carbocycles. The van der Waals surface area contributed by atoms with Crippen LogP contribution >= 0.6 is 0 Å². The second kappa shape index (κ2) is 9.13. The minimum absolute atomic E-state index is 0.156. The summed E-state index contributed by atoms with van der Waals surface area (Å²) in [5.74, 6) is 0.156. The number of hydrogen-bond acceptors (Lipinski definition) is 4. The predicted molar refractivity (Wildman–Crippen MR) is 129 cm³/mol. The zero-order chi connectivity index (χ0) is 21.9. The third-order valence-electron chi connectivity index (χ3n) is 6.71. The van der Waals surface area contributed by atoms with Crippen LogP contribution in [0.5, 0.6) is 0 Å². The number of rotatable bonds is 4. The Labute approximate surface area is 190 Å². The number of carbonyl (C=O) groups excluding carboxylic acids is 1. The quantitative estimate of drug-likeness (QED) is 0.639. The summed E-state index contributed by atoms with van der Waals surface area (Å²) in [6, 6.07) is 20.9. The molecule has 0 atom stereocenters. The maximum atomic E-state index is 13.1. The molecule has 0 bridgehead atoms. The zero-order valence-electron chi connectivity index (χ0n) is 18.7. The molecule has 0 N–H and O–H groups in total. The second-order valence-corrected chi connectivity index (χ2v) is 8.85. The summed E-state index contributed by atoms with van der Waals surface area (Å²) in [5, 5.41) is 0. The first-order valence-corrected chi connectivity index (χ1v) is 11.5. The zero-order valence-corrected chi connectivity index (χ0v) is 18.7. The molecule has 164 valence electrons. The summed E-state index contributed by atoms with van der Waals surface area (Å²) < 4.78 is 0. The van der Waals surface area contributed by atoms with E-state index in [0.29, 0.717) is 13.0 Å². The van der Waals surface area contributed by atoms with E-state index in [1.807, 2.05) is 35.4 Å². The molecule has 0 spiro atoms. The number of carbonyl (C=O) groups is 1. The molecule has 1 saturated heterocycles. The highest BCUT2D eigenvalue weighted by Gasteiger charge is 2.25. The number of hydrogen-bond donors (Lipinski definition) is 0. The Morgan fingerprint density at radius 2 is 1.69 bits per heavy atom. The van der Waals surface area contributed by atoms with E-state index in [0.717, 1.165) is 56.0 Å². The fourth-order valence-electron chi connectivity index (χ4n) is 4.72. The lowest BCUT2D eigenvalue weighted by molar-refractivity contribution is -0.131. The molecule has 0 aliphatic carbocycles. The maximum absolute atomic E-state index is 13.1. The van der Waals surface area contributed by atoms with Gasteiger partial charge < -0.3 is 14.7 Å². The molecular formula is C27H30N4O. The van der Waals surface area contributed by atoms with Crippen LogP contribution in [0.4, 0.5) is 5.69 Å². The smallest absolute Gasteiger partial charge is 0.228 e. The molecule has 5 nitrogen and oxygen atoms in total. The van der Waals surface area contributed by atoms with Gasteiger partial charge in [-0.05, 0) is 42.3 Å². The Hall–Kier alpha value is -3.18. The molecule has 1 fully saturated rings. The number of aromatic nitrogens is 1. The molecular weight excluding hydrogens is 396 g/mol. The van der Waals surface area contributed by atoms with Gasteiger partial charge in [-0.2, -0.15) is 0 Å². The molecule has 1 aromatic heterocycles. The van der Waals surface area contributed by atoms with Crippen LogP contribution in [-0.2, 0) is 24.2 Å². The van der Waals surface area contributed by atoms with Crippen LogP contribution in [0.3, 0.4) is 0 Å². The Balaban J connectivity index is 1.28. The standard InChI is InChI=1S/C27H30N4O/c1-29-14-16-30(17-15-29)26-9-5-8-22-12-13-31(20-25(22)26)27(32)18-24-11-10-23(19-28-24)21-6-3-2-4-7-21/h2-11,19H,12-18,20H2,1H3. The lowest BCUT2D eigenvalue weighted by atomic mass is 9.96. The van der Waals surface area contributed by atoms with E-state index in [-0.39, 0.29) is 5.91 Å². The minimum atomic E-state index is 0.156. The van der Waals surface area contributed by atoms with Gasteiger partial charge in [-0.1, -0.05) is 48.5 Å². The van der Waals surface area contributed by atoms with Crippen LogP contribution in [-0.4, -0.2) is 60.5 Å². The van der Waals surface area contributed by atoms with Crippen molar-refractivity contribution in [2.45, 2.75) is 19.4 Å². The molecule has 3 heterocycles. The lowest BCUT2D eigenvalue weighted by Gasteiger charge is -2.38. The molecule has 2 aliphatic rings. The van der Waals surface area contributed by atoms with E-state index in [4.69, 9.17) is 0 Å². The summed E-state index contributed by atoms with van der Waals surface area (Å²) in [7, 11) is 2.18. The van der Waals surface area contributed by atoms with Gasteiger partial charge in [-0.15, -0.1) is 0 Å². The first kappa shape index (κ1) is 20.7. The normalized spacial score (nSPS) is 16.7. The van der Waals surface area contributed by atoms with Crippen molar-refractivity contribution >= 4 is 11.6 Å². The van der Waals surface area contributed by atoms with Crippen LogP contribution in [0.1, 0.15) is 16.8 Å². The molecule has 5 rings (SSSR count). The fraction of sp³-hybridized carbons (Fsp3) is 0.333. The van der Waals surface area contributed by atoms with Crippen molar-refractivity contribution in [3.63, 3.8) is 0 Å². The summed E-state index contributed by atoms with van der Waals surface area (Å²) in [6.45, 7) is 5.71. The highest BCUT2D eigenvalue weighted by molar-refractivity contribution is 5.79. The Kier molecular flexibility index (Phi) is 5.91. The van der Waals surface area contributed by atoms with E-state index >= 15 is 0 Å². The molecule has 5 heteroatoms. The largest absolute Gasteiger partial charge is 0.369 e. The average Bonchev–Trinajstić information content (AvgIpc) is 2.85. The molecule has 0 radical (unpaired) electrons. The molecule has 0 unspecified atom stereocenters.